The van der Waals surface area contributed by atoms with Gasteiger partial charge in [0.05, 0.1) is 5.75 Å². The predicted octanol–water partition coefficient (Wildman–Crippen LogP) is 1.07. The summed E-state index contributed by atoms with van der Waals surface area (Å²) in [5.41, 5.74) is 5.73. The van der Waals surface area contributed by atoms with Crippen LogP contribution in [0.2, 0.25) is 0 Å². The van der Waals surface area contributed by atoms with Crippen molar-refractivity contribution in [3.05, 3.63) is 0 Å². The van der Waals surface area contributed by atoms with Gasteiger partial charge in [0.25, 0.3) is 0 Å². The third kappa shape index (κ3) is 2.76. The van der Waals surface area contributed by atoms with Crippen molar-refractivity contribution in [2.24, 2.45) is 5.73 Å². The fourth-order valence-corrected chi connectivity index (χ4v) is 4.41. The van der Waals surface area contributed by atoms with E-state index in [1.807, 2.05) is 0 Å². The number of hydrogen-bond donors (Lipinski definition) is 1. The minimum atomic E-state index is -3.15. The Labute approximate surface area is 98.2 Å². The van der Waals surface area contributed by atoms with Crippen LogP contribution in [0.25, 0.3) is 0 Å². The summed E-state index contributed by atoms with van der Waals surface area (Å²) in [6.45, 7) is 0. The van der Waals surface area contributed by atoms with Gasteiger partial charge in [-0.1, -0.05) is 19.3 Å². The molecule has 2 aliphatic rings. The average Bonchev–Trinajstić information content (AvgIpc) is 2.99. The lowest BCUT2D eigenvalue weighted by Gasteiger charge is -2.34. The molecule has 4 nitrogen and oxygen atoms in total. The van der Waals surface area contributed by atoms with E-state index in [4.69, 9.17) is 5.73 Å². The highest BCUT2D eigenvalue weighted by Crippen LogP contribution is 2.32. The van der Waals surface area contributed by atoms with Crippen LogP contribution < -0.4 is 5.73 Å². The molecule has 16 heavy (non-hydrogen) atoms. The SMILES string of the molecule is CN(C1CC1)S(=O)(=O)CC1(N)CCCCC1. The van der Waals surface area contributed by atoms with Crippen molar-refractivity contribution >= 4 is 10.0 Å². The summed E-state index contributed by atoms with van der Waals surface area (Å²) in [5, 5.41) is 0. The maximum Gasteiger partial charge on any atom is 0.215 e. The van der Waals surface area contributed by atoms with Crippen LogP contribution in [0.5, 0.6) is 0 Å². The zero-order chi connectivity index (χ0) is 11.8. The Morgan fingerprint density at radius 1 is 1.25 bits per heavy atom. The van der Waals surface area contributed by atoms with E-state index in [1.165, 1.54) is 10.7 Å². The molecule has 2 fully saturated rings. The van der Waals surface area contributed by atoms with Crippen molar-refractivity contribution < 1.29 is 8.42 Å². The van der Waals surface area contributed by atoms with E-state index in [-0.39, 0.29) is 11.8 Å². The highest BCUT2D eigenvalue weighted by molar-refractivity contribution is 7.89. The molecular formula is C11H22N2O2S. The standard InChI is InChI=1S/C11H22N2O2S/c1-13(10-5-6-10)16(14,15)9-11(12)7-3-2-4-8-11/h10H,2-9,12H2,1H3. The van der Waals surface area contributed by atoms with Crippen molar-refractivity contribution in [2.45, 2.75) is 56.5 Å². The van der Waals surface area contributed by atoms with Crippen molar-refractivity contribution in [2.75, 3.05) is 12.8 Å². The van der Waals surface area contributed by atoms with Gasteiger partial charge >= 0.3 is 0 Å². The van der Waals surface area contributed by atoms with Crippen LogP contribution >= 0.6 is 0 Å². The van der Waals surface area contributed by atoms with Gasteiger partial charge in [0.1, 0.15) is 0 Å². The molecule has 94 valence electrons. The number of sulfonamides is 1. The molecule has 0 bridgehead atoms. The topological polar surface area (TPSA) is 63.4 Å². The van der Waals surface area contributed by atoms with Crippen molar-refractivity contribution in [3.8, 4) is 0 Å². The number of hydrogen-bond acceptors (Lipinski definition) is 3. The monoisotopic (exact) mass is 246 g/mol. The first-order chi connectivity index (χ1) is 7.43. The van der Waals surface area contributed by atoms with Crippen LogP contribution in [-0.2, 0) is 10.0 Å². The molecule has 0 aliphatic heterocycles. The summed E-state index contributed by atoms with van der Waals surface area (Å²) in [7, 11) is -1.45. The van der Waals surface area contributed by atoms with Gasteiger partial charge in [0.15, 0.2) is 0 Å². The normalized spacial score (nSPS) is 25.9. The lowest BCUT2D eigenvalue weighted by molar-refractivity contribution is 0.318. The lowest BCUT2D eigenvalue weighted by atomic mass is 9.84. The molecule has 2 N–H and O–H groups in total. The quantitative estimate of drug-likeness (QED) is 0.807. The zero-order valence-electron chi connectivity index (χ0n) is 9.98. The summed E-state index contributed by atoms with van der Waals surface area (Å²) in [5.74, 6) is 0.132. The number of rotatable bonds is 4. The molecule has 0 heterocycles. The Morgan fingerprint density at radius 2 is 1.81 bits per heavy atom. The van der Waals surface area contributed by atoms with E-state index < -0.39 is 15.6 Å². The van der Waals surface area contributed by atoms with Crippen LogP contribution in [-0.4, -0.2) is 37.1 Å². The molecule has 0 saturated heterocycles. The second kappa shape index (κ2) is 4.27. The summed E-state index contributed by atoms with van der Waals surface area (Å²) in [4.78, 5) is 0. The van der Waals surface area contributed by atoms with Crippen LogP contribution in [0.1, 0.15) is 44.9 Å². The summed E-state index contributed by atoms with van der Waals surface area (Å²) >= 11 is 0. The molecule has 2 aliphatic carbocycles. The molecule has 2 saturated carbocycles. The first-order valence-corrected chi connectivity index (χ1v) is 7.78. The fraction of sp³-hybridized carbons (Fsp3) is 1.00. The zero-order valence-corrected chi connectivity index (χ0v) is 10.8. The molecule has 5 heteroatoms. The largest absolute Gasteiger partial charge is 0.324 e. The first-order valence-electron chi connectivity index (χ1n) is 6.18. The molecular weight excluding hydrogens is 224 g/mol. The lowest BCUT2D eigenvalue weighted by Crippen LogP contribution is -2.50. The van der Waals surface area contributed by atoms with Gasteiger partial charge < -0.3 is 5.73 Å². The van der Waals surface area contributed by atoms with E-state index in [0.717, 1.165) is 38.5 Å². The maximum absolute atomic E-state index is 12.1. The molecule has 0 radical (unpaired) electrons. The Kier molecular flexibility index (Phi) is 3.29. The molecule has 0 atom stereocenters. The van der Waals surface area contributed by atoms with E-state index in [9.17, 15) is 8.42 Å². The third-order valence-corrected chi connectivity index (χ3v) is 5.93. The van der Waals surface area contributed by atoms with Crippen molar-refractivity contribution in [1.29, 1.82) is 0 Å². The van der Waals surface area contributed by atoms with Gasteiger partial charge in [0, 0.05) is 18.6 Å². The molecule has 2 rings (SSSR count). The molecule has 0 unspecified atom stereocenters. The van der Waals surface area contributed by atoms with Crippen LogP contribution in [0.4, 0.5) is 0 Å². The maximum atomic E-state index is 12.1. The average molecular weight is 246 g/mol. The van der Waals surface area contributed by atoms with E-state index in [0.29, 0.717) is 0 Å². The van der Waals surface area contributed by atoms with Crippen LogP contribution in [0.3, 0.4) is 0 Å². The Balaban J connectivity index is 2.01. The number of nitrogens with two attached hydrogens (primary N) is 1. The Morgan fingerprint density at radius 3 is 2.31 bits per heavy atom. The summed E-state index contributed by atoms with van der Waals surface area (Å²) < 4.78 is 25.8. The smallest absolute Gasteiger partial charge is 0.215 e. The molecule has 0 aromatic carbocycles. The fourth-order valence-electron chi connectivity index (χ4n) is 2.53. The Hall–Kier alpha value is -0.130. The van der Waals surface area contributed by atoms with Gasteiger partial charge in [0.2, 0.25) is 10.0 Å². The van der Waals surface area contributed by atoms with Crippen LogP contribution in [0, 0.1) is 0 Å². The van der Waals surface area contributed by atoms with Crippen molar-refractivity contribution in [3.63, 3.8) is 0 Å². The Bertz CT molecular complexity index is 343. The molecule has 0 spiro atoms. The molecule has 0 amide bonds. The van der Waals surface area contributed by atoms with Gasteiger partial charge in [-0.3, -0.25) is 0 Å². The highest BCUT2D eigenvalue weighted by Gasteiger charge is 2.39. The highest BCUT2D eigenvalue weighted by atomic mass is 32.2. The summed E-state index contributed by atoms with van der Waals surface area (Å²) in [6.07, 6.45) is 7.05. The number of nitrogens with zero attached hydrogens (tertiary/aromatic N) is 1. The second-order valence-corrected chi connectivity index (χ2v) is 7.46. The third-order valence-electron chi connectivity index (χ3n) is 3.82. The molecule has 0 aromatic heterocycles. The van der Waals surface area contributed by atoms with Gasteiger partial charge in [-0.05, 0) is 25.7 Å². The van der Waals surface area contributed by atoms with Gasteiger partial charge in [-0.2, -0.15) is 0 Å². The summed E-state index contributed by atoms with van der Waals surface area (Å²) in [6, 6.07) is 0.247. The van der Waals surface area contributed by atoms with E-state index >= 15 is 0 Å². The molecule has 0 aromatic rings. The minimum Gasteiger partial charge on any atom is -0.324 e. The van der Waals surface area contributed by atoms with Gasteiger partial charge in [-0.25, -0.2) is 12.7 Å². The second-order valence-electron chi connectivity index (χ2n) is 5.43. The van der Waals surface area contributed by atoms with Gasteiger partial charge in [-0.15, -0.1) is 0 Å². The predicted molar refractivity (Wildman–Crippen MR) is 64.6 cm³/mol. The van der Waals surface area contributed by atoms with E-state index in [1.54, 1.807) is 7.05 Å². The van der Waals surface area contributed by atoms with Crippen LogP contribution in [0.15, 0.2) is 0 Å². The van der Waals surface area contributed by atoms with Crippen molar-refractivity contribution in [1.82, 2.24) is 4.31 Å². The van der Waals surface area contributed by atoms with E-state index in [2.05, 4.69) is 0 Å². The first kappa shape index (κ1) is 12.3. The minimum absolute atomic E-state index is 0.132.